The number of hydrogen-bond acceptors (Lipinski definition) is 3. The smallest absolute Gasteiger partial charge is 0.164 e. The number of rotatable bonds is 6. The Morgan fingerprint density at radius 1 is 0.315 bits per heavy atom. The lowest BCUT2D eigenvalue weighted by molar-refractivity contribution is 0.353. The van der Waals surface area contributed by atoms with Crippen LogP contribution in [0.5, 0.6) is 0 Å². The maximum absolute atomic E-state index is 5.02. The van der Waals surface area contributed by atoms with E-state index in [1.807, 2.05) is 36.4 Å². The summed E-state index contributed by atoms with van der Waals surface area (Å²) in [6.07, 6.45) is 6.41. The lowest BCUT2D eigenvalue weighted by Gasteiger charge is -2.36. The molecule has 3 heteroatoms. The average molecular weight is 694 g/mol. The van der Waals surface area contributed by atoms with E-state index in [1.54, 1.807) is 0 Å². The molecule has 2 aliphatic carbocycles. The summed E-state index contributed by atoms with van der Waals surface area (Å²) in [7, 11) is 0. The van der Waals surface area contributed by atoms with Crippen LogP contribution < -0.4 is 0 Å². The van der Waals surface area contributed by atoms with Gasteiger partial charge in [0.2, 0.25) is 0 Å². The molecule has 2 aliphatic rings. The Morgan fingerprint density at radius 2 is 0.741 bits per heavy atom. The second kappa shape index (κ2) is 13.5. The van der Waals surface area contributed by atoms with Crippen LogP contribution in [0.15, 0.2) is 176 Å². The van der Waals surface area contributed by atoms with E-state index in [0.717, 1.165) is 27.8 Å². The van der Waals surface area contributed by atoms with Crippen molar-refractivity contribution in [3.63, 3.8) is 0 Å². The predicted molar refractivity (Wildman–Crippen MR) is 222 cm³/mol. The molecule has 54 heavy (non-hydrogen) atoms. The summed E-state index contributed by atoms with van der Waals surface area (Å²) in [5, 5.41) is 0. The third kappa shape index (κ3) is 5.64. The van der Waals surface area contributed by atoms with E-state index in [4.69, 9.17) is 15.0 Å². The van der Waals surface area contributed by atoms with Gasteiger partial charge in [0.05, 0.1) is 0 Å². The van der Waals surface area contributed by atoms with Crippen LogP contribution in [-0.2, 0) is 5.41 Å². The van der Waals surface area contributed by atoms with Gasteiger partial charge in [0.15, 0.2) is 17.5 Å². The highest BCUT2D eigenvalue weighted by molar-refractivity contribution is 5.93. The van der Waals surface area contributed by atoms with Crippen LogP contribution in [-0.4, -0.2) is 15.0 Å². The molecular weight excluding hydrogens is 655 g/mol. The molecule has 0 aliphatic heterocycles. The highest BCUT2D eigenvalue weighted by atomic mass is 15.0. The van der Waals surface area contributed by atoms with Crippen molar-refractivity contribution in [2.75, 3.05) is 0 Å². The number of fused-ring (bicyclic) bond motifs is 5. The first-order chi connectivity index (χ1) is 26.7. The topological polar surface area (TPSA) is 38.7 Å². The molecule has 1 fully saturated rings. The molecule has 10 rings (SSSR count). The van der Waals surface area contributed by atoms with E-state index >= 15 is 0 Å². The maximum Gasteiger partial charge on any atom is 0.164 e. The van der Waals surface area contributed by atoms with Gasteiger partial charge in [0.1, 0.15) is 0 Å². The van der Waals surface area contributed by atoms with E-state index in [-0.39, 0.29) is 5.41 Å². The fourth-order valence-electron chi connectivity index (χ4n) is 8.91. The molecule has 7 aromatic carbocycles. The Balaban J connectivity index is 1.00. The van der Waals surface area contributed by atoms with Gasteiger partial charge in [-0.2, -0.15) is 0 Å². The van der Waals surface area contributed by atoms with E-state index in [2.05, 4.69) is 140 Å². The molecule has 0 unspecified atom stereocenters. The summed E-state index contributed by atoms with van der Waals surface area (Å²) in [5.74, 6) is 1.97. The molecule has 0 saturated heterocycles. The molecule has 8 aromatic rings. The van der Waals surface area contributed by atoms with Crippen molar-refractivity contribution in [1.29, 1.82) is 0 Å². The first kappa shape index (κ1) is 32.2. The lowest BCUT2D eigenvalue weighted by atomic mass is 9.68. The first-order valence-corrected chi connectivity index (χ1v) is 19.2. The predicted octanol–water partition coefficient (Wildman–Crippen LogP) is 13.1. The first-order valence-electron chi connectivity index (χ1n) is 19.2. The van der Waals surface area contributed by atoms with Crippen LogP contribution in [0, 0.1) is 0 Å². The van der Waals surface area contributed by atoms with Gasteiger partial charge in [0.25, 0.3) is 0 Å². The Hall–Kier alpha value is -6.45. The number of benzene rings is 7. The minimum absolute atomic E-state index is 0.147. The normalized spacial score (nSPS) is 14.1. The Morgan fingerprint density at radius 3 is 1.39 bits per heavy atom. The van der Waals surface area contributed by atoms with Gasteiger partial charge < -0.3 is 0 Å². The molecule has 1 aromatic heterocycles. The van der Waals surface area contributed by atoms with Gasteiger partial charge in [0, 0.05) is 22.1 Å². The van der Waals surface area contributed by atoms with Crippen molar-refractivity contribution in [3.8, 4) is 78.7 Å². The third-order valence-electron chi connectivity index (χ3n) is 11.6. The molecule has 0 radical (unpaired) electrons. The minimum atomic E-state index is 0.147. The van der Waals surface area contributed by atoms with Crippen molar-refractivity contribution in [3.05, 3.63) is 187 Å². The van der Waals surface area contributed by atoms with Crippen molar-refractivity contribution in [2.45, 2.75) is 37.5 Å². The zero-order valence-electron chi connectivity index (χ0n) is 30.1. The summed E-state index contributed by atoms with van der Waals surface area (Å²) in [4.78, 5) is 15.0. The fourth-order valence-corrected chi connectivity index (χ4v) is 8.91. The van der Waals surface area contributed by atoms with Crippen molar-refractivity contribution >= 4 is 0 Å². The number of hydrogen-bond donors (Lipinski definition) is 0. The van der Waals surface area contributed by atoms with Crippen molar-refractivity contribution < 1.29 is 0 Å². The molecule has 0 N–H and O–H groups in total. The average Bonchev–Trinajstić information content (AvgIpc) is 3.53. The molecule has 3 nitrogen and oxygen atoms in total. The second-order valence-corrected chi connectivity index (χ2v) is 14.7. The Bertz CT molecular complexity index is 2600. The monoisotopic (exact) mass is 693 g/mol. The quantitative estimate of drug-likeness (QED) is 0.174. The van der Waals surface area contributed by atoms with Gasteiger partial charge in [-0.1, -0.05) is 189 Å². The third-order valence-corrected chi connectivity index (χ3v) is 11.6. The van der Waals surface area contributed by atoms with E-state index in [9.17, 15) is 0 Å². The molecule has 0 atom stereocenters. The molecular formula is C51H39N3. The van der Waals surface area contributed by atoms with E-state index < -0.39 is 0 Å². The lowest BCUT2D eigenvalue weighted by Crippen LogP contribution is -2.27. The van der Waals surface area contributed by atoms with E-state index in [0.29, 0.717) is 17.5 Å². The Labute approximate surface area is 317 Å². The van der Waals surface area contributed by atoms with Crippen LogP contribution in [0.4, 0.5) is 0 Å². The zero-order chi connectivity index (χ0) is 35.9. The summed E-state index contributed by atoms with van der Waals surface area (Å²) < 4.78 is 0. The molecule has 1 spiro atoms. The summed E-state index contributed by atoms with van der Waals surface area (Å²) >= 11 is 0. The van der Waals surface area contributed by atoms with Gasteiger partial charge in [-0.05, 0) is 74.5 Å². The van der Waals surface area contributed by atoms with Gasteiger partial charge >= 0.3 is 0 Å². The van der Waals surface area contributed by atoms with Crippen LogP contribution in [0.2, 0.25) is 0 Å². The van der Waals surface area contributed by atoms with Gasteiger partial charge in [-0.15, -0.1) is 0 Å². The highest BCUT2D eigenvalue weighted by Crippen LogP contribution is 2.57. The second-order valence-electron chi connectivity index (χ2n) is 14.7. The van der Waals surface area contributed by atoms with Crippen molar-refractivity contribution in [2.24, 2.45) is 0 Å². The maximum atomic E-state index is 5.02. The van der Waals surface area contributed by atoms with Crippen LogP contribution in [0.1, 0.15) is 43.2 Å². The van der Waals surface area contributed by atoms with Crippen LogP contribution >= 0.6 is 0 Å². The molecule has 1 heterocycles. The van der Waals surface area contributed by atoms with Crippen molar-refractivity contribution in [1.82, 2.24) is 15.0 Å². The SMILES string of the molecule is c1ccc(-c2ccc(-c3nc(-c4ccccc4)nc(-c4ccc(-c5cccc(-c6cccc7c6-c6ccccc6C76CCCCC6)c5)cc4)n3)cc2)cc1. The van der Waals surface area contributed by atoms with Crippen LogP contribution in [0.25, 0.3) is 78.7 Å². The Kier molecular flexibility index (Phi) is 8.06. The number of nitrogens with zero attached hydrogens (tertiary/aromatic N) is 3. The fraction of sp³-hybridized carbons (Fsp3) is 0.118. The number of aromatic nitrogens is 3. The van der Waals surface area contributed by atoms with Gasteiger partial charge in [-0.3, -0.25) is 0 Å². The largest absolute Gasteiger partial charge is 0.208 e. The zero-order valence-corrected chi connectivity index (χ0v) is 30.1. The summed E-state index contributed by atoms with van der Waals surface area (Å²) in [5.41, 5.74) is 16.2. The summed E-state index contributed by atoms with van der Waals surface area (Å²) in [6, 6.07) is 62.9. The van der Waals surface area contributed by atoms with E-state index in [1.165, 1.54) is 76.6 Å². The highest BCUT2D eigenvalue weighted by Gasteiger charge is 2.44. The van der Waals surface area contributed by atoms with Gasteiger partial charge in [-0.25, -0.2) is 15.0 Å². The standard InChI is InChI=1S/C51H39N3/c1-4-14-35(15-5-1)36-24-28-39(29-25-36)49-52-48(38-16-6-2-7-17-38)53-50(54-49)40-30-26-37(27-31-40)41-18-12-19-42(34-41)43-21-13-23-46-47(43)44-20-8-9-22-45(44)51(46)32-10-3-11-33-51/h1-2,4-9,12-31,34H,3,10-11,32-33H2. The molecule has 1 saturated carbocycles. The minimum Gasteiger partial charge on any atom is -0.208 e. The molecule has 0 amide bonds. The molecule has 258 valence electrons. The molecule has 0 bridgehead atoms. The van der Waals surface area contributed by atoms with Crippen LogP contribution in [0.3, 0.4) is 0 Å². The summed E-state index contributed by atoms with van der Waals surface area (Å²) in [6.45, 7) is 0.